The van der Waals surface area contributed by atoms with E-state index in [2.05, 4.69) is 10.6 Å². The number of carboxylic acids is 1. The summed E-state index contributed by atoms with van der Waals surface area (Å²) >= 11 is 0. The second kappa shape index (κ2) is 13.6. The fourth-order valence-electron chi connectivity index (χ4n) is 4.02. The number of hydrogen-bond donors (Lipinski definition) is 5. The Hall–Kier alpha value is -3.30. The number of carbonyl (C=O) groups is 4. The SMILES string of the molecule is CCCCC(NCc1ccc(C(=O)O)c2ccccc12)C(=O)CNC(=O)C(CC(C)C)C(=O)NO. The van der Waals surface area contributed by atoms with Crippen LogP contribution in [0.4, 0.5) is 0 Å². The fraction of sp³-hybridized carbons (Fsp3) is 0.462. The Bertz CT molecular complexity index is 1050. The van der Waals surface area contributed by atoms with Gasteiger partial charge in [0, 0.05) is 6.54 Å². The van der Waals surface area contributed by atoms with Crippen LogP contribution < -0.4 is 16.1 Å². The number of amides is 2. The van der Waals surface area contributed by atoms with Gasteiger partial charge in [-0.25, -0.2) is 10.3 Å². The maximum atomic E-state index is 13.0. The largest absolute Gasteiger partial charge is 0.478 e. The van der Waals surface area contributed by atoms with E-state index in [0.717, 1.165) is 23.8 Å². The lowest BCUT2D eigenvalue weighted by Crippen LogP contribution is -2.46. The molecule has 2 atom stereocenters. The lowest BCUT2D eigenvalue weighted by Gasteiger charge is -2.20. The first-order valence-electron chi connectivity index (χ1n) is 11.9. The third-order valence-corrected chi connectivity index (χ3v) is 5.91. The van der Waals surface area contributed by atoms with Gasteiger partial charge in [-0.3, -0.25) is 19.6 Å². The first kappa shape index (κ1) is 27.9. The number of unbranched alkanes of at least 4 members (excludes halogenated alkanes) is 1. The molecule has 2 unspecified atom stereocenters. The van der Waals surface area contributed by atoms with Crippen molar-refractivity contribution in [3.8, 4) is 0 Å². The molecule has 0 fully saturated rings. The molecule has 2 rings (SSSR count). The summed E-state index contributed by atoms with van der Waals surface area (Å²) < 4.78 is 0. The number of benzene rings is 2. The van der Waals surface area contributed by atoms with Gasteiger partial charge in [-0.2, -0.15) is 0 Å². The zero-order valence-electron chi connectivity index (χ0n) is 20.5. The summed E-state index contributed by atoms with van der Waals surface area (Å²) in [6.45, 7) is 5.83. The molecular weight excluding hydrogens is 450 g/mol. The van der Waals surface area contributed by atoms with Gasteiger partial charge in [-0.05, 0) is 41.2 Å². The summed E-state index contributed by atoms with van der Waals surface area (Å²) in [4.78, 5) is 48.9. The van der Waals surface area contributed by atoms with Crippen molar-refractivity contribution in [3.63, 3.8) is 0 Å². The Labute approximate surface area is 205 Å². The number of rotatable bonds is 14. The molecule has 35 heavy (non-hydrogen) atoms. The van der Waals surface area contributed by atoms with Crippen molar-refractivity contribution in [1.82, 2.24) is 16.1 Å². The maximum absolute atomic E-state index is 13.0. The summed E-state index contributed by atoms with van der Waals surface area (Å²) in [7, 11) is 0. The highest BCUT2D eigenvalue weighted by Gasteiger charge is 2.28. The third kappa shape index (κ3) is 7.87. The zero-order chi connectivity index (χ0) is 26.0. The molecule has 5 N–H and O–H groups in total. The topological polar surface area (TPSA) is 145 Å². The molecular formula is C26H35N3O6. The van der Waals surface area contributed by atoms with Crippen LogP contribution in [0.3, 0.4) is 0 Å². The Morgan fingerprint density at radius 3 is 2.26 bits per heavy atom. The molecule has 0 aliphatic heterocycles. The number of aromatic carboxylic acids is 1. The van der Waals surface area contributed by atoms with E-state index in [9.17, 15) is 24.3 Å². The molecule has 0 spiro atoms. The van der Waals surface area contributed by atoms with Crippen LogP contribution >= 0.6 is 0 Å². The number of ketones is 1. The normalized spacial score (nSPS) is 12.8. The highest BCUT2D eigenvalue weighted by atomic mass is 16.5. The average Bonchev–Trinajstić information content (AvgIpc) is 2.84. The second-order valence-electron chi connectivity index (χ2n) is 9.04. The summed E-state index contributed by atoms with van der Waals surface area (Å²) in [6.07, 6.45) is 2.51. The summed E-state index contributed by atoms with van der Waals surface area (Å²) in [5, 5.41) is 25.6. The van der Waals surface area contributed by atoms with Gasteiger partial charge >= 0.3 is 5.97 Å². The summed E-state index contributed by atoms with van der Waals surface area (Å²) in [5.74, 6) is -3.68. The monoisotopic (exact) mass is 485 g/mol. The van der Waals surface area contributed by atoms with Crippen LogP contribution in [0.1, 0.15) is 62.4 Å². The van der Waals surface area contributed by atoms with Crippen LogP contribution in [0, 0.1) is 11.8 Å². The highest BCUT2D eigenvalue weighted by molar-refractivity contribution is 6.04. The quantitative estimate of drug-likeness (QED) is 0.157. The molecule has 190 valence electrons. The van der Waals surface area contributed by atoms with E-state index in [4.69, 9.17) is 5.21 Å². The van der Waals surface area contributed by atoms with Gasteiger partial charge in [0.05, 0.1) is 18.2 Å². The minimum absolute atomic E-state index is 0.0417. The van der Waals surface area contributed by atoms with E-state index in [0.29, 0.717) is 18.4 Å². The van der Waals surface area contributed by atoms with Crippen molar-refractivity contribution < 1.29 is 29.5 Å². The molecule has 2 amide bonds. The molecule has 9 nitrogen and oxygen atoms in total. The predicted molar refractivity (Wildman–Crippen MR) is 132 cm³/mol. The highest BCUT2D eigenvalue weighted by Crippen LogP contribution is 2.23. The number of hydroxylamine groups is 1. The smallest absolute Gasteiger partial charge is 0.336 e. The lowest BCUT2D eigenvalue weighted by molar-refractivity contribution is -0.142. The molecule has 0 heterocycles. The zero-order valence-corrected chi connectivity index (χ0v) is 20.5. The molecule has 0 bridgehead atoms. The lowest BCUT2D eigenvalue weighted by atomic mass is 9.95. The number of nitrogens with one attached hydrogen (secondary N) is 3. The molecule has 0 saturated heterocycles. The number of fused-ring (bicyclic) bond motifs is 1. The molecule has 0 aliphatic carbocycles. The molecule has 0 aromatic heterocycles. The number of hydrogen-bond acceptors (Lipinski definition) is 6. The number of carbonyl (C=O) groups excluding carboxylic acids is 3. The van der Waals surface area contributed by atoms with Crippen molar-refractivity contribution >= 4 is 34.3 Å². The van der Waals surface area contributed by atoms with Crippen LogP contribution in [-0.4, -0.2) is 46.5 Å². The van der Waals surface area contributed by atoms with E-state index in [-0.39, 0.29) is 30.2 Å². The van der Waals surface area contributed by atoms with Crippen LogP contribution in [0.15, 0.2) is 36.4 Å². The molecule has 9 heteroatoms. The van der Waals surface area contributed by atoms with Gasteiger partial charge in [-0.1, -0.05) is 63.9 Å². The van der Waals surface area contributed by atoms with Gasteiger partial charge in [0.1, 0.15) is 5.92 Å². The van der Waals surface area contributed by atoms with Crippen LogP contribution in [0.5, 0.6) is 0 Å². The number of Topliss-reactive ketones (excluding diaryl/α,β-unsaturated/α-hetero) is 1. The van der Waals surface area contributed by atoms with Gasteiger partial charge in [-0.15, -0.1) is 0 Å². The van der Waals surface area contributed by atoms with Crippen molar-refractivity contribution in [1.29, 1.82) is 0 Å². The molecule has 0 radical (unpaired) electrons. The molecule has 0 saturated carbocycles. The van der Waals surface area contributed by atoms with E-state index in [1.165, 1.54) is 5.48 Å². The van der Waals surface area contributed by atoms with Crippen LogP contribution in [0.25, 0.3) is 10.8 Å². The Balaban J connectivity index is 2.11. The summed E-state index contributed by atoms with van der Waals surface area (Å²) in [6, 6.07) is 10.0. The minimum atomic E-state index is -1.09. The molecule has 0 aliphatic rings. The van der Waals surface area contributed by atoms with Crippen molar-refractivity contribution in [2.24, 2.45) is 11.8 Å². The van der Waals surface area contributed by atoms with Crippen LogP contribution in [-0.2, 0) is 20.9 Å². The van der Waals surface area contributed by atoms with Crippen molar-refractivity contribution in [2.45, 2.75) is 59.0 Å². The average molecular weight is 486 g/mol. The Morgan fingerprint density at radius 2 is 1.66 bits per heavy atom. The van der Waals surface area contributed by atoms with E-state index in [1.807, 2.05) is 32.9 Å². The Kier molecular flexibility index (Phi) is 10.8. The van der Waals surface area contributed by atoms with Gasteiger partial charge in [0.2, 0.25) is 5.91 Å². The first-order valence-corrected chi connectivity index (χ1v) is 11.9. The third-order valence-electron chi connectivity index (χ3n) is 5.91. The van der Waals surface area contributed by atoms with Crippen LogP contribution in [0.2, 0.25) is 0 Å². The van der Waals surface area contributed by atoms with Crippen molar-refractivity contribution in [3.05, 3.63) is 47.5 Å². The van der Waals surface area contributed by atoms with Gasteiger partial charge in [0.15, 0.2) is 5.78 Å². The Morgan fingerprint density at radius 1 is 0.971 bits per heavy atom. The van der Waals surface area contributed by atoms with E-state index < -0.39 is 29.7 Å². The second-order valence-corrected chi connectivity index (χ2v) is 9.04. The molecule has 2 aromatic rings. The standard InChI is InChI=1S/C26H35N3O6/c1-4-5-10-22(23(30)15-28-24(31)21(13-16(2)3)25(32)29-35)27-14-17-11-12-20(26(33)34)19-9-7-6-8-18(17)19/h6-9,11-12,16,21-22,27,35H,4-5,10,13-15H2,1-3H3,(H,28,31)(H,29,32)(H,33,34). The van der Waals surface area contributed by atoms with Crippen molar-refractivity contribution in [2.75, 3.05) is 6.54 Å². The first-order chi connectivity index (χ1) is 16.7. The molecule has 2 aromatic carbocycles. The van der Waals surface area contributed by atoms with Gasteiger partial charge in [0.25, 0.3) is 5.91 Å². The van der Waals surface area contributed by atoms with Gasteiger partial charge < -0.3 is 15.7 Å². The maximum Gasteiger partial charge on any atom is 0.336 e. The predicted octanol–water partition coefficient (Wildman–Crippen LogP) is 3.04. The number of carboxylic acid groups (broad SMARTS) is 1. The minimum Gasteiger partial charge on any atom is -0.478 e. The summed E-state index contributed by atoms with van der Waals surface area (Å²) in [5.41, 5.74) is 2.60. The van der Waals surface area contributed by atoms with E-state index >= 15 is 0 Å². The van der Waals surface area contributed by atoms with E-state index in [1.54, 1.807) is 24.3 Å². The fourth-order valence-corrected chi connectivity index (χ4v) is 4.02.